The van der Waals surface area contributed by atoms with Gasteiger partial charge in [0.05, 0.1) is 11.7 Å². The summed E-state index contributed by atoms with van der Waals surface area (Å²) in [5.41, 5.74) is 0.703. The van der Waals surface area contributed by atoms with Crippen LogP contribution in [0.2, 0.25) is 0 Å². The molecule has 3 nitrogen and oxygen atoms in total. The molecule has 0 radical (unpaired) electrons. The van der Waals surface area contributed by atoms with Crippen LogP contribution >= 0.6 is 38.5 Å². The number of aliphatic hydroxyl groups is 1. The molecule has 2 rings (SSSR count). The molecule has 1 fully saturated rings. The summed E-state index contributed by atoms with van der Waals surface area (Å²) >= 11 is 5.54. The minimum Gasteiger partial charge on any atom is -0.391 e. The van der Waals surface area contributed by atoms with Gasteiger partial charge in [-0.2, -0.15) is 0 Å². The van der Waals surface area contributed by atoms with E-state index >= 15 is 0 Å². The smallest absolute Gasteiger partial charge is 0.255 e. The predicted molar refractivity (Wildman–Crippen MR) is 78.0 cm³/mol. The second-order valence-electron chi connectivity index (χ2n) is 4.17. The minimum absolute atomic E-state index is 0.00875. The van der Waals surface area contributed by atoms with E-state index in [1.165, 1.54) is 0 Å². The first kappa shape index (κ1) is 13.3. The minimum atomic E-state index is -0.377. The van der Waals surface area contributed by atoms with Crippen LogP contribution in [0.4, 0.5) is 0 Å². The Balaban J connectivity index is 2.21. The van der Waals surface area contributed by atoms with Crippen LogP contribution in [0.25, 0.3) is 0 Å². The van der Waals surface area contributed by atoms with Gasteiger partial charge in [-0.1, -0.05) is 15.9 Å². The average molecular weight is 410 g/mol. The summed E-state index contributed by atoms with van der Waals surface area (Å²) in [6.45, 7) is 1.18. The molecule has 0 spiro atoms. The largest absolute Gasteiger partial charge is 0.391 e. The standard InChI is InChI=1S/C12H13BrINO2/c13-8-3-4-11(14)10(6-8)12(17)15-5-1-2-9(16)7-15/h3-4,6,9,16H,1-2,5,7H2. The van der Waals surface area contributed by atoms with E-state index in [-0.39, 0.29) is 12.0 Å². The number of amides is 1. The average Bonchev–Trinajstić information content (AvgIpc) is 2.31. The van der Waals surface area contributed by atoms with Crippen molar-refractivity contribution in [2.24, 2.45) is 0 Å². The highest BCUT2D eigenvalue weighted by molar-refractivity contribution is 14.1. The van der Waals surface area contributed by atoms with E-state index in [2.05, 4.69) is 38.5 Å². The van der Waals surface area contributed by atoms with Crippen LogP contribution < -0.4 is 0 Å². The van der Waals surface area contributed by atoms with Crippen molar-refractivity contribution >= 4 is 44.4 Å². The Morgan fingerprint density at radius 1 is 1.53 bits per heavy atom. The Morgan fingerprint density at radius 3 is 3.00 bits per heavy atom. The lowest BCUT2D eigenvalue weighted by Crippen LogP contribution is -2.42. The summed E-state index contributed by atoms with van der Waals surface area (Å²) in [6.07, 6.45) is 1.29. The van der Waals surface area contributed by atoms with Crippen LogP contribution in [-0.2, 0) is 0 Å². The molecule has 1 aromatic rings. The molecule has 5 heteroatoms. The Labute approximate surface area is 122 Å². The lowest BCUT2D eigenvalue weighted by Gasteiger charge is -2.30. The number of hydrogen-bond acceptors (Lipinski definition) is 2. The first-order valence-corrected chi connectivity index (χ1v) is 7.37. The maximum atomic E-state index is 12.3. The van der Waals surface area contributed by atoms with Crippen LogP contribution in [-0.4, -0.2) is 35.1 Å². The molecule has 1 aromatic carbocycles. The van der Waals surface area contributed by atoms with Crippen molar-refractivity contribution in [2.45, 2.75) is 18.9 Å². The van der Waals surface area contributed by atoms with Gasteiger partial charge in [0.2, 0.25) is 0 Å². The van der Waals surface area contributed by atoms with Gasteiger partial charge in [-0.3, -0.25) is 4.79 Å². The molecule has 92 valence electrons. The Kier molecular flexibility index (Phi) is 4.43. The van der Waals surface area contributed by atoms with Gasteiger partial charge in [0, 0.05) is 21.1 Å². The number of β-amino-alcohol motifs (C(OH)–C–C–N with tert-alkyl or cyclic N) is 1. The number of likely N-dealkylation sites (tertiary alicyclic amines) is 1. The summed E-state index contributed by atoms with van der Waals surface area (Å²) in [7, 11) is 0. The Hall–Kier alpha value is -0.140. The van der Waals surface area contributed by atoms with Crippen molar-refractivity contribution in [3.8, 4) is 0 Å². The van der Waals surface area contributed by atoms with E-state index in [0.717, 1.165) is 27.4 Å². The van der Waals surface area contributed by atoms with Gasteiger partial charge in [0.25, 0.3) is 5.91 Å². The second-order valence-corrected chi connectivity index (χ2v) is 6.25. The van der Waals surface area contributed by atoms with Crippen LogP contribution in [0.5, 0.6) is 0 Å². The number of benzene rings is 1. The topological polar surface area (TPSA) is 40.5 Å². The van der Waals surface area contributed by atoms with E-state index in [1.807, 2.05) is 18.2 Å². The summed E-state index contributed by atoms with van der Waals surface area (Å²) in [6, 6.07) is 5.67. The van der Waals surface area contributed by atoms with Gasteiger partial charge < -0.3 is 10.0 Å². The van der Waals surface area contributed by atoms with Gasteiger partial charge >= 0.3 is 0 Å². The highest BCUT2D eigenvalue weighted by atomic mass is 127. The van der Waals surface area contributed by atoms with E-state index in [4.69, 9.17) is 0 Å². The molecule has 0 bridgehead atoms. The number of halogens is 2. The SMILES string of the molecule is O=C(c1cc(Br)ccc1I)N1CCCC(O)C1. The highest BCUT2D eigenvalue weighted by Gasteiger charge is 2.24. The quantitative estimate of drug-likeness (QED) is 0.724. The molecule has 1 unspecified atom stereocenters. The highest BCUT2D eigenvalue weighted by Crippen LogP contribution is 2.21. The van der Waals surface area contributed by atoms with Gasteiger partial charge in [0.15, 0.2) is 0 Å². The number of hydrogen-bond donors (Lipinski definition) is 1. The number of aliphatic hydroxyl groups excluding tert-OH is 1. The lowest BCUT2D eigenvalue weighted by atomic mass is 10.1. The fourth-order valence-electron chi connectivity index (χ4n) is 1.97. The fourth-order valence-corrected chi connectivity index (χ4v) is 2.90. The zero-order valence-electron chi connectivity index (χ0n) is 9.20. The molecule has 1 amide bonds. The van der Waals surface area contributed by atoms with Crippen LogP contribution in [0, 0.1) is 3.57 Å². The predicted octanol–water partition coefficient (Wildman–Crippen LogP) is 2.65. The van der Waals surface area contributed by atoms with Crippen molar-refractivity contribution in [1.29, 1.82) is 0 Å². The van der Waals surface area contributed by atoms with E-state index in [0.29, 0.717) is 12.1 Å². The van der Waals surface area contributed by atoms with Gasteiger partial charge in [-0.15, -0.1) is 0 Å². The normalized spacial score (nSPS) is 20.4. The molecule has 1 atom stereocenters. The number of rotatable bonds is 1. The van der Waals surface area contributed by atoms with Crippen molar-refractivity contribution in [3.63, 3.8) is 0 Å². The molecule has 0 saturated carbocycles. The molecule has 0 aromatic heterocycles. The van der Waals surface area contributed by atoms with Crippen LogP contribution in [0.15, 0.2) is 22.7 Å². The number of nitrogens with zero attached hydrogens (tertiary/aromatic N) is 1. The van der Waals surface area contributed by atoms with Gasteiger partial charge in [0.1, 0.15) is 0 Å². The lowest BCUT2D eigenvalue weighted by molar-refractivity contribution is 0.0473. The van der Waals surface area contributed by atoms with E-state index < -0.39 is 0 Å². The summed E-state index contributed by atoms with van der Waals surface area (Å²) in [5, 5.41) is 9.59. The maximum Gasteiger partial charge on any atom is 0.255 e. The van der Waals surface area contributed by atoms with Crippen LogP contribution in [0.1, 0.15) is 23.2 Å². The number of carbonyl (C=O) groups is 1. The third-order valence-corrected chi connectivity index (χ3v) is 4.28. The molecular formula is C12H13BrINO2. The zero-order chi connectivity index (χ0) is 12.4. The molecule has 1 heterocycles. The third-order valence-electron chi connectivity index (χ3n) is 2.84. The Bertz CT molecular complexity index is 439. The van der Waals surface area contributed by atoms with Gasteiger partial charge in [-0.25, -0.2) is 0 Å². The fraction of sp³-hybridized carbons (Fsp3) is 0.417. The molecule has 0 aliphatic carbocycles. The molecule has 1 aliphatic heterocycles. The summed E-state index contributed by atoms with van der Waals surface area (Å²) in [4.78, 5) is 14.0. The summed E-state index contributed by atoms with van der Waals surface area (Å²) in [5.74, 6) is 0.00875. The van der Waals surface area contributed by atoms with Crippen molar-refractivity contribution in [2.75, 3.05) is 13.1 Å². The molecule has 17 heavy (non-hydrogen) atoms. The molecule has 1 N–H and O–H groups in total. The Morgan fingerprint density at radius 2 is 2.29 bits per heavy atom. The molecule has 1 aliphatic rings. The number of piperidine rings is 1. The van der Waals surface area contributed by atoms with Crippen molar-refractivity contribution in [3.05, 3.63) is 31.8 Å². The molecular weight excluding hydrogens is 397 g/mol. The van der Waals surface area contributed by atoms with Crippen LogP contribution in [0.3, 0.4) is 0 Å². The van der Waals surface area contributed by atoms with Crippen molar-refractivity contribution < 1.29 is 9.90 Å². The van der Waals surface area contributed by atoms with E-state index in [9.17, 15) is 9.90 Å². The third kappa shape index (κ3) is 3.20. The monoisotopic (exact) mass is 409 g/mol. The van der Waals surface area contributed by atoms with E-state index in [1.54, 1.807) is 4.90 Å². The van der Waals surface area contributed by atoms with Gasteiger partial charge in [-0.05, 0) is 53.6 Å². The second kappa shape index (κ2) is 5.67. The zero-order valence-corrected chi connectivity index (χ0v) is 12.9. The first-order valence-electron chi connectivity index (χ1n) is 5.50. The summed E-state index contributed by atoms with van der Waals surface area (Å²) < 4.78 is 1.84. The number of carbonyl (C=O) groups excluding carboxylic acids is 1. The maximum absolute atomic E-state index is 12.3. The van der Waals surface area contributed by atoms with Crippen molar-refractivity contribution in [1.82, 2.24) is 4.90 Å². The molecule has 1 saturated heterocycles. The first-order chi connectivity index (χ1) is 8.08.